The summed E-state index contributed by atoms with van der Waals surface area (Å²) in [4.78, 5) is 0.270. The van der Waals surface area contributed by atoms with Crippen molar-refractivity contribution in [3.8, 4) is 6.07 Å². The molecule has 0 heterocycles. The van der Waals surface area contributed by atoms with Crippen LogP contribution in [0.4, 0.5) is 0 Å². The molecule has 114 valence electrons. The molecule has 0 saturated heterocycles. The van der Waals surface area contributed by atoms with Gasteiger partial charge in [0.1, 0.15) is 0 Å². The van der Waals surface area contributed by atoms with Gasteiger partial charge in [-0.25, -0.2) is 8.42 Å². The third-order valence-corrected chi connectivity index (χ3v) is 6.39. The number of nitriles is 1. The number of sulfonamides is 1. The lowest BCUT2D eigenvalue weighted by Crippen LogP contribution is -2.41. The minimum Gasteiger partial charge on any atom is -0.330 e. The van der Waals surface area contributed by atoms with Crippen LogP contribution in [0.1, 0.15) is 30.4 Å². The van der Waals surface area contributed by atoms with Crippen molar-refractivity contribution in [3.05, 3.63) is 29.3 Å². The summed E-state index contributed by atoms with van der Waals surface area (Å²) in [6.45, 7) is 2.23. The van der Waals surface area contributed by atoms with Crippen LogP contribution in [0.2, 0.25) is 0 Å². The highest BCUT2D eigenvalue weighted by Crippen LogP contribution is 2.32. The molecule has 2 rings (SSSR count). The molecule has 6 heteroatoms. The summed E-state index contributed by atoms with van der Waals surface area (Å²) in [6, 6.07) is 6.66. The van der Waals surface area contributed by atoms with E-state index >= 15 is 0 Å². The third kappa shape index (κ3) is 2.95. The van der Waals surface area contributed by atoms with Crippen molar-refractivity contribution >= 4 is 10.0 Å². The zero-order chi connectivity index (χ0) is 15.6. The summed E-state index contributed by atoms with van der Waals surface area (Å²) in [7, 11) is -1.92. The first-order valence-corrected chi connectivity index (χ1v) is 8.54. The molecule has 0 amide bonds. The maximum atomic E-state index is 12.8. The fraction of sp³-hybridized carbons (Fsp3) is 0.533. The Morgan fingerprint density at radius 3 is 2.71 bits per heavy atom. The van der Waals surface area contributed by atoms with Crippen LogP contribution in [0.3, 0.4) is 0 Å². The number of nitrogens with two attached hydrogens (primary N) is 1. The maximum Gasteiger partial charge on any atom is 0.243 e. The maximum absolute atomic E-state index is 12.8. The highest BCUT2D eigenvalue weighted by molar-refractivity contribution is 7.89. The van der Waals surface area contributed by atoms with Crippen LogP contribution in [-0.2, 0) is 10.0 Å². The van der Waals surface area contributed by atoms with Gasteiger partial charge in [-0.05, 0) is 56.0 Å². The number of rotatable bonds is 4. The van der Waals surface area contributed by atoms with Crippen molar-refractivity contribution in [2.24, 2.45) is 11.7 Å². The van der Waals surface area contributed by atoms with Crippen LogP contribution in [0, 0.1) is 24.2 Å². The van der Waals surface area contributed by atoms with E-state index in [2.05, 4.69) is 0 Å². The monoisotopic (exact) mass is 307 g/mol. The molecule has 5 nitrogen and oxygen atoms in total. The van der Waals surface area contributed by atoms with Crippen molar-refractivity contribution in [2.75, 3.05) is 13.6 Å². The van der Waals surface area contributed by atoms with Gasteiger partial charge in [-0.1, -0.05) is 6.42 Å². The molecule has 0 bridgehead atoms. The van der Waals surface area contributed by atoms with E-state index in [1.165, 1.54) is 10.4 Å². The first-order valence-electron chi connectivity index (χ1n) is 7.10. The van der Waals surface area contributed by atoms with Crippen LogP contribution in [-0.4, -0.2) is 32.4 Å². The standard InChI is InChI=1S/C15H21N3O2S/c1-11-8-12(9-16)6-7-15(11)21(19,20)18(2)14-5-3-4-13(14)10-17/h6-8,13-14H,3-5,10,17H2,1-2H3. The zero-order valence-corrected chi connectivity index (χ0v) is 13.2. The van der Waals surface area contributed by atoms with Crippen molar-refractivity contribution < 1.29 is 8.42 Å². The molecule has 1 fully saturated rings. The number of hydrogen-bond acceptors (Lipinski definition) is 4. The molecule has 1 aliphatic rings. The lowest BCUT2D eigenvalue weighted by molar-refractivity contribution is 0.304. The fourth-order valence-corrected chi connectivity index (χ4v) is 4.76. The van der Waals surface area contributed by atoms with Crippen molar-refractivity contribution in [2.45, 2.75) is 37.1 Å². The van der Waals surface area contributed by atoms with E-state index in [9.17, 15) is 8.42 Å². The van der Waals surface area contributed by atoms with Gasteiger partial charge in [-0.3, -0.25) is 0 Å². The van der Waals surface area contributed by atoms with E-state index < -0.39 is 10.0 Å². The summed E-state index contributed by atoms with van der Waals surface area (Å²) in [6.07, 6.45) is 2.85. The minimum absolute atomic E-state index is 0.0324. The third-order valence-electron chi connectivity index (χ3n) is 4.35. The molecule has 1 aliphatic carbocycles. The Morgan fingerprint density at radius 2 is 2.14 bits per heavy atom. The normalized spacial score (nSPS) is 22.4. The Labute approximate surface area is 126 Å². The molecule has 0 spiro atoms. The van der Waals surface area contributed by atoms with E-state index in [0.717, 1.165) is 19.3 Å². The van der Waals surface area contributed by atoms with Gasteiger partial charge in [0.2, 0.25) is 10.0 Å². The summed E-state index contributed by atoms with van der Waals surface area (Å²) in [5, 5.41) is 8.88. The largest absolute Gasteiger partial charge is 0.330 e. The molecule has 2 N–H and O–H groups in total. The second-order valence-corrected chi connectivity index (χ2v) is 7.57. The van der Waals surface area contributed by atoms with Crippen LogP contribution < -0.4 is 5.73 Å². The van der Waals surface area contributed by atoms with Crippen LogP contribution in [0.5, 0.6) is 0 Å². The highest BCUT2D eigenvalue weighted by atomic mass is 32.2. The van der Waals surface area contributed by atoms with Gasteiger partial charge < -0.3 is 5.73 Å². The predicted molar refractivity (Wildman–Crippen MR) is 81.0 cm³/mol. The Morgan fingerprint density at radius 1 is 1.43 bits per heavy atom. The van der Waals surface area contributed by atoms with Crippen molar-refractivity contribution in [3.63, 3.8) is 0 Å². The average molecular weight is 307 g/mol. The molecule has 2 unspecified atom stereocenters. The first-order chi connectivity index (χ1) is 9.91. The molecule has 0 aliphatic heterocycles. The van der Waals surface area contributed by atoms with E-state index in [1.807, 2.05) is 6.07 Å². The molecule has 0 radical (unpaired) electrons. The molecule has 2 atom stereocenters. The Hall–Kier alpha value is -1.42. The second kappa shape index (κ2) is 6.14. The average Bonchev–Trinajstić information content (AvgIpc) is 2.94. The summed E-state index contributed by atoms with van der Waals surface area (Å²) in [5.41, 5.74) is 6.82. The Balaban J connectivity index is 2.36. The Bertz CT molecular complexity index is 664. The van der Waals surface area contributed by atoms with E-state index in [4.69, 9.17) is 11.0 Å². The molecular weight excluding hydrogens is 286 g/mol. The van der Waals surface area contributed by atoms with Gasteiger partial charge in [-0.15, -0.1) is 0 Å². The van der Waals surface area contributed by atoms with Crippen LogP contribution in [0.25, 0.3) is 0 Å². The van der Waals surface area contributed by atoms with E-state index in [0.29, 0.717) is 17.7 Å². The number of aryl methyl sites for hydroxylation is 1. The number of hydrogen-bond donors (Lipinski definition) is 1. The lowest BCUT2D eigenvalue weighted by Gasteiger charge is -2.28. The minimum atomic E-state index is -3.55. The van der Waals surface area contributed by atoms with Gasteiger partial charge in [0, 0.05) is 13.1 Å². The zero-order valence-electron chi connectivity index (χ0n) is 12.4. The number of benzene rings is 1. The van der Waals surface area contributed by atoms with E-state index in [1.54, 1.807) is 26.1 Å². The lowest BCUT2D eigenvalue weighted by atomic mass is 10.0. The predicted octanol–water partition coefficient (Wildman–Crippen LogP) is 1.61. The second-order valence-electron chi connectivity index (χ2n) is 5.61. The summed E-state index contributed by atoms with van der Waals surface area (Å²) < 4.78 is 27.1. The van der Waals surface area contributed by atoms with Gasteiger partial charge >= 0.3 is 0 Å². The molecule has 1 aromatic carbocycles. The van der Waals surface area contributed by atoms with Crippen LogP contribution in [0.15, 0.2) is 23.1 Å². The smallest absolute Gasteiger partial charge is 0.243 e. The van der Waals surface area contributed by atoms with Crippen molar-refractivity contribution in [1.82, 2.24) is 4.31 Å². The SMILES string of the molecule is Cc1cc(C#N)ccc1S(=O)(=O)N(C)C1CCCC1CN. The molecule has 0 aromatic heterocycles. The summed E-state index contributed by atoms with van der Waals surface area (Å²) in [5.74, 6) is 0.225. The Kier molecular flexibility index (Phi) is 4.67. The highest BCUT2D eigenvalue weighted by Gasteiger charge is 2.36. The van der Waals surface area contributed by atoms with Gasteiger partial charge in [0.05, 0.1) is 16.5 Å². The van der Waals surface area contributed by atoms with Crippen LogP contribution >= 0.6 is 0 Å². The fourth-order valence-electron chi connectivity index (χ4n) is 3.11. The first kappa shape index (κ1) is 16.0. The topological polar surface area (TPSA) is 87.2 Å². The number of nitrogens with zero attached hydrogens (tertiary/aromatic N) is 2. The van der Waals surface area contributed by atoms with Gasteiger partial charge in [0.15, 0.2) is 0 Å². The van der Waals surface area contributed by atoms with Gasteiger partial charge in [0.25, 0.3) is 0 Å². The van der Waals surface area contributed by atoms with Gasteiger partial charge in [-0.2, -0.15) is 9.57 Å². The molecule has 1 aromatic rings. The molecule has 1 saturated carbocycles. The summed E-state index contributed by atoms with van der Waals surface area (Å²) >= 11 is 0. The molecular formula is C15H21N3O2S. The van der Waals surface area contributed by atoms with Crippen molar-refractivity contribution in [1.29, 1.82) is 5.26 Å². The quantitative estimate of drug-likeness (QED) is 0.915. The molecule has 21 heavy (non-hydrogen) atoms. The van der Waals surface area contributed by atoms with E-state index in [-0.39, 0.29) is 16.9 Å².